The third kappa shape index (κ3) is 3.75. The first kappa shape index (κ1) is 15.4. The lowest BCUT2D eigenvalue weighted by Crippen LogP contribution is -2.26. The second-order valence-electron chi connectivity index (χ2n) is 6.23. The predicted octanol–water partition coefficient (Wildman–Crippen LogP) is 4.29. The molecule has 3 nitrogen and oxygen atoms in total. The maximum atomic E-state index is 12.2. The van der Waals surface area contributed by atoms with Crippen molar-refractivity contribution in [2.75, 3.05) is 7.11 Å². The van der Waals surface area contributed by atoms with Gasteiger partial charge in [0.2, 0.25) is 0 Å². The highest BCUT2D eigenvalue weighted by molar-refractivity contribution is 5.86. The van der Waals surface area contributed by atoms with E-state index in [1.165, 1.54) is 0 Å². The first-order valence-electron chi connectivity index (χ1n) is 7.11. The Balaban J connectivity index is 2.28. The molecule has 0 N–H and O–H groups in total. The van der Waals surface area contributed by atoms with Crippen molar-refractivity contribution in [3.63, 3.8) is 0 Å². The van der Waals surface area contributed by atoms with Gasteiger partial charge in [-0.05, 0) is 56.2 Å². The molecule has 0 bridgehead atoms. The van der Waals surface area contributed by atoms with E-state index < -0.39 is 5.60 Å². The molecule has 0 saturated heterocycles. The molecule has 2 aromatic carbocycles. The van der Waals surface area contributed by atoms with Gasteiger partial charge in [-0.1, -0.05) is 24.3 Å². The Kier molecular flexibility index (Phi) is 4.21. The normalized spacial score (nSPS) is 13.0. The molecule has 0 aliphatic rings. The van der Waals surface area contributed by atoms with Gasteiger partial charge in [-0.2, -0.15) is 0 Å². The largest absolute Gasteiger partial charge is 0.497 e. The molecule has 2 rings (SSSR count). The van der Waals surface area contributed by atoms with Crippen LogP contribution in [0.2, 0.25) is 0 Å². The van der Waals surface area contributed by atoms with Crippen molar-refractivity contribution in [1.29, 1.82) is 0 Å². The standard InChI is InChI=1S/C18H22O3/c1-12(17(19)21-18(2,3)4)13-6-7-15-11-16(20-5)9-8-14(15)10-13/h6-12H,1-5H3. The van der Waals surface area contributed by atoms with Crippen LogP contribution in [-0.2, 0) is 9.53 Å². The van der Waals surface area contributed by atoms with Crippen LogP contribution >= 0.6 is 0 Å². The Hall–Kier alpha value is -2.03. The Morgan fingerprint density at radius 2 is 1.67 bits per heavy atom. The minimum absolute atomic E-state index is 0.199. The van der Waals surface area contributed by atoms with Crippen molar-refractivity contribution in [2.45, 2.75) is 39.2 Å². The van der Waals surface area contributed by atoms with E-state index in [-0.39, 0.29) is 11.9 Å². The van der Waals surface area contributed by atoms with Crippen LogP contribution in [0.4, 0.5) is 0 Å². The summed E-state index contributed by atoms with van der Waals surface area (Å²) in [4.78, 5) is 12.2. The molecular formula is C18H22O3. The van der Waals surface area contributed by atoms with Crippen LogP contribution in [0.5, 0.6) is 5.75 Å². The molecule has 1 unspecified atom stereocenters. The summed E-state index contributed by atoms with van der Waals surface area (Å²) in [6.45, 7) is 7.51. The number of hydrogen-bond donors (Lipinski definition) is 0. The van der Waals surface area contributed by atoms with E-state index in [1.807, 2.05) is 64.1 Å². The SMILES string of the molecule is COc1ccc2cc(C(C)C(=O)OC(C)(C)C)ccc2c1. The molecule has 112 valence electrons. The number of methoxy groups -OCH3 is 1. The molecule has 3 heteroatoms. The molecule has 2 aromatic rings. The lowest BCUT2D eigenvalue weighted by atomic mass is 9.97. The van der Waals surface area contributed by atoms with Crippen molar-refractivity contribution in [1.82, 2.24) is 0 Å². The molecule has 0 heterocycles. The summed E-state index contributed by atoms with van der Waals surface area (Å²) in [5.41, 5.74) is 0.497. The number of rotatable bonds is 3. The summed E-state index contributed by atoms with van der Waals surface area (Å²) in [7, 11) is 1.65. The average molecular weight is 286 g/mol. The Morgan fingerprint density at radius 3 is 2.29 bits per heavy atom. The maximum Gasteiger partial charge on any atom is 0.313 e. The molecule has 0 amide bonds. The summed E-state index contributed by atoms with van der Waals surface area (Å²) in [5.74, 6) is 0.349. The molecule has 0 saturated carbocycles. The summed E-state index contributed by atoms with van der Waals surface area (Å²) in [6.07, 6.45) is 0. The van der Waals surface area contributed by atoms with Crippen molar-refractivity contribution in [3.05, 3.63) is 42.0 Å². The first-order valence-corrected chi connectivity index (χ1v) is 7.11. The Morgan fingerprint density at radius 1 is 1.05 bits per heavy atom. The average Bonchev–Trinajstić information content (AvgIpc) is 2.43. The fraction of sp³-hybridized carbons (Fsp3) is 0.389. The molecule has 0 aliphatic heterocycles. The molecule has 0 spiro atoms. The van der Waals surface area contributed by atoms with E-state index in [9.17, 15) is 4.79 Å². The third-order valence-corrected chi connectivity index (χ3v) is 3.33. The maximum absolute atomic E-state index is 12.2. The van der Waals surface area contributed by atoms with Crippen molar-refractivity contribution >= 4 is 16.7 Å². The minimum atomic E-state index is -0.463. The number of benzene rings is 2. The third-order valence-electron chi connectivity index (χ3n) is 3.33. The van der Waals surface area contributed by atoms with Crippen LogP contribution in [0.3, 0.4) is 0 Å². The summed E-state index contributed by atoms with van der Waals surface area (Å²) in [5, 5.41) is 2.18. The number of fused-ring (bicyclic) bond motifs is 1. The summed E-state index contributed by atoms with van der Waals surface area (Å²) in [6, 6.07) is 11.9. The van der Waals surface area contributed by atoms with Crippen LogP contribution in [0.15, 0.2) is 36.4 Å². The van der Waals surface area contributed by atoms with Gasteiger partial charge in [0.15, 0.2) is 0 Å². The van der Waals surface area contributed by atoms with E-state index >= 15 is 0 Å². The number of esters is 1. The molecular weight excluding hydrogens is 264 g/mol. The fourth-order valence-corrected chi connectivity index (χ4v) is 2.16. The van der Waals surface area contributed by atoms with Crippen LogP contribution in [0.25, 0.3) is 10.8 Å². The van der Waals surface area contributed by atoms with Crippen LogP contribution in [0, 0.1) is 0 Å². The first-order chi connectivity index (χ1) is 9.80. The second kappa shape index (κ2) is 5.76. The van der Waals surface area contributed by atoms with Gasteiger partial charge in [0, 0.05) is 0 Å². The Bertz CT molecular complexity index is 653. The van der Waals surface area contributed by atoms with Crippen LogP contribution in [-0.4, -0.2) is 18.7 Å². The summed E-state index contributed by atoms with van der Waals surface area (Å²) >= 11 is 0. The number of hydrogen-bond acceptors (Lipinski definition) is 3. The van der Waals surface area contributed by atoms with Gasteiger partial charge < -0.3 is 9.47 Å². The monoisotopic (exact) mass is 286 g/mol. The molecule has 0 aromatic heterocycles. The van der Waals surface area contributed by atoms with Gasteiger partial charge in [0.1, 0.15) is 11.4 Å². The molecule has 0 aliphatic carbocycles. The van der Waals surface area contributed by atoms with Crippen LogP contribution in [0.1, 0.15) is 39.2 Å². The molecule has 1 atom stereocenters. The van der Waals surface area contributed by atoms with Crippen molar-refractivity contribution in [2.24, 2.45) is 0 Å². The van der Waals surface area contributed by atoms with Crippen molar-refractivity contribution in [3.8, 4) is 5.75 Å². The predicted molar refractivity (Wildman–Crippen MR) is 84.8 cm³/mol. The zero-order valence-corrected chi connectivity index (χ0v) is 13.3. The minimum Gasteiger partial charge on any atom is -0.497 e. The fourth-order valence-electron chi connectivity index (χ4n) is 2.16. The van der Waals surface area contributed by atoms with E-state index in [0.29, 0.717) is 0 Å². The zero-order chi connectivity index (χ0) is 15.6. The lowest BCUT2D eigenvalue weighted by Gasteiger charge is -2.22. The highest BCUT2D eigenvalue weighted by atomic mass is 16.6. The topological polar surface area (TPSA) is 35.5 Å². The smallest absolute Gasteiger partial charge is 0.313 e. The van der Waals surface area contributed by atoms with Crippen molar-refractivity contribution < 1.29 is 14.3 Å². The van der Waals surface area contributed by atoms with Gasteiger partial charge in [-0.15, -0.1) is 0 Å². The molecule has 0 radical (unpaired) electrons. The highest BCUT2D eigenvalue weighted by Crippen LogP contribution is 2.26. The summed E-state index contributed by atoms with van der Waals surface area (Å²) < 4.78 is 10.7. The molecule has 21 heavy (non-hydrogen) atoms. The quantitative estimate of drug-likeness (QED) is 0.789. The van der Waals surface area contributed by atoms with Gasteiger partial charge in [-0.3, -0.25) is 4.79 Å². The van der Waals surface area contributed by atoms with E-state index in [0.717, 1.165) is 22.1 Å². The van der Waals surface area contributed by atoms with Gasteiger partial charge >= 0.3 is 5.97 Å². The van der Waals surface area contributed by atoms with Gasteiger partial charge in [0.05, 0.1) is 13.0 Å². The lowest BCUT2D eigenvalue weighted by molar-refractivity contribution is -0.156. The van der Waals surface area contributed by atoms with E-state index in [4.69, 9.17) is 9.47 Å². The number of carbonyl (C=O) groups excluding carboxylic acids is 1. The zero-order valence-electron chi connectivity index (χ0n) is 13.3. The molecule has 0 fully saturated rings. The van der Waals surface area contributed by atoms with Gasteiger partial charge in [0.25, 0.3) is 0 Å². The van der Waals surface area contributed by atoms with Gasteiger partial charge in [-0.25, -0.2) is 0 Å². The van der Waals surface area contributed by atoms with E-state index in [1.54, 1.807) is 7.11 Å². The highest BCUT2D eigenvalue weighted by Gasteiger charge is 2.23. The second-order valence-corrected chi connectivity index (χ2v) is 6.23. The number of ether oxygens (including phenoxy) is 2. The number of carbonyl (C=O) groups is 1. The van der Waals surface area contributed by atoms with E-state index in [2.05, 4.69) is 0 Å². The Labute approximate surface area is 125 Å². The van der Waals surface area contributed by atoms with Crippen LogP contribution < -0.4 is 4.74 Å².